The van der Waals surface area contributed by atoms with Crippen LogP contribution in [0.3, 0.4) is 0 Å². The molecule has 0 aromatic heterocycles. The first-order valence-corrected chi connectivity index (χ1v) is 2.02. The van der Waals surface area contributed by atoms with Crippen molar-refractivity contribution in [3.63, 3.8) is 0 Å². The maximum absolute atomic E-state index is 11.9. The van der Waals surface area contributed by atoms with E-state index in [1.807, 2.05) is 0 Å². The van der Waals surface area contributed by atoms with Gasteiger partial charge in [0.25, 0.3) is 0 Å². The van der Waals surface area contributed by atoms with E-state index < -0.39 is 0 Å². The van der Waals surface area contributed by atoms with Crippen LogP contribution >= 0.6 is 0 Å². The van der Waals surface area contributed by atoms with Gasteiger partial charge in [-0.2, -0.15) is 0 Å². The van der Waals surface area contributed by atoms with E-state index in [1.54, 1.807) is 12.1 Å². The molecular formula is C6H5FLi. The minimum atomic E-state index is -0.303. The number of halogens is 1. The molecule has 2 heteroatoms. The Labute approximate surface area is 59.9 Å². The minimum absolute atomic E-state index is 0. The van der Waals surface area contributed by atoms with Gasteiger partial charge in [0.2, 0.25) is 0 Å². The van der Waals surface area contributed by atoms with Gasteiger partial charge in [-0.25, -0.2) is 4.39 Å². The van der Waals surface area contributed by atoms with E-state index in [0.717, 1.165) is 0 Å². The molecule has 0 aliphatic heterocycles. The van der Waals surface area contributed by atoms with Gasteiger partial charge in [0.15, 0.2) is 0 Å². The van der Waals surface area contributed by atoms with Crippen LogP contribution in [-0.2, 0) is 0 Å². The van der Waals surface area contributed by atoms with Gasteiger partial charge >= 0.3 is 18.9 Å². The van der Waals surface area contributed by atoms with Crippen LogP contribution in [0.4, 0.5) is 4.39 Å². The molecule has 0 atom stereocenters. The average molecular weight is 103 g/mol. The molecule has 1 rings (SSSR count). The molecule has 0 aliphatic carbocycles. The first kappa shape index (κ1) is 7.75. The molecule has 0 aliphatic rings. The molecule has 0 nitrogen and oxygen atoms in total. The molecule has 0 saturated heterocycles. The Kier molecular flexibility index (Phi) is 3.60. The molecule has 1 radical (unpaired) electrons. The molecule has 0 N–H and O–H groups in total. The summed E-state index contributed by atoms with van der Waals surface area (Å²) in [4.78, 5) is 0. The normalized spacial score (nSPS) is 7.62. The van der Waals surface area contributed by atoms with Crippen molar-refractivity contribution in [3.8, 4) is 0 Å². The van der Waals surface area contributed by atoms with Crippen molar-refractivity contribution in [2.75, 3.05) is 0 Å². The van der Waals surface area contributed by atoms with E-state index in [0.29, 0.717) is 0 Å². The van der Waals surface area contributed by atoms with Crippen molar-refractivity contribution in [2.45, 2.75) is 0 Å². The fraction of sp³-hybridized carbons (Fsp3) is 0. The Balaban J connectivity index is 0.000000490. The number of hydrogen-bond donors (Lipinski definition) is 0. The summed E-state index contributed by atoms with van der Waals surface area (Å²) in [6.45, 7) is 0. The number of rotatable bonds is 0. The second-order valence-electron chi connectivity index (χ2n) is 1.21. The van der Waals surface area contributed by atoms with Crippen molar-refractivity contribution >= 4 is 18.9 Å². The van der Waals surface area contributed by atoms with Gasteiger partial charge in [0.1, 0.15) is 5.82 Å². The first-order valence-electron chi connectivity index (χ1n) is 2.02. The molecule has 0 unspecified atom stereocenters. The Morgan fingerprint density at radius 2 is 2.12 bits per heavy atom. The Hall–Kier alpha value is -0.253. The van der Waals surface area contributed by atoms with Gasteiger partial charge in [-0.05, 0) is 6.07 Å². The summed E-state index contributed by atoms with van der Waals surface area (Å²) in [7, 11) is 0. The predicted molar refractivity (Wildman–Crippen MR) is 32.4 cm³/mol. The topological polar surface area (TPSA) is 0 Å². The molecule has 37 valence electrons. The third-order valence-corrected chi connectivity index (χ3v) is 0.671. The summed E-state index contributed by atoms with van der Waals surface area (Å²) in [6, 6.07) is 8.62. The van der Waals surface area contributed by atoms with Crippen molar-refractivity contribution in [2.24, 2.45) is 0 Å². The number of hydrogen-bond acceptors (Lipinski definition) is 0. The van der Waals surface area contributed by atoms with Crippen LogP contribution in [0.5, 0.6) is 0 Å². The van der Waals surface area contributed by atoms with Gasteiger partial charge in [0, 0.05) is 6.07 Å². The van der Waals surface area contributed by atoms with Crippen LogP contribution in [0.15, 0.2) is 24.3 Å². The predicted octanol–water partition coefficient (Wildman–Crippen LogP) is 0.977. The zero-order chi connectivity index (χ0) is 5.11. The SMILES string of the molecule is Fc1[c]cccc1.[LiH]. The van der Waals surface area contributed by atoms with Gasteiger partial charge in [-0.3, -0.25) is 0 Å². The molecule has 1 aromatic rings. The third kappa shape index (κ3) is 2.16. The maximum atomic E-state index is 11.9. The van der Waals surface area contributed by atoms with Crippen LogP contribution in [0.1, 0.15) is 0 Å². The summed E-state index contributed by atoms with van der Waals surface area (Å²) in [5.41, 5.74) is 0. The fourth-order valence-corrected chi connectivity index (χ4v) is 0.371. The van der Waals surface area contributed by atoms with Gasteiger partial charge < -0.3 is 0 Å². The molecule has 0 spiro atoms. The van der Waals surface area contributed by atoms with Gasteiger partial charge in [0.05, 0.1) is 0 Å². The van der Waals surface area contributed by atoms with E-state index in [-0.39, 0.29) is 24.7 Å². The molecular weight excluding hydrogens is 98.0 g/mol. The first-order chi connectivity index (χ1) is 3.39. The van der Waals surface area contributed by atoms with Crippen molar-refractivity contribution in [1.82, 2.24) is 0 Å². The van der Waals surface area contributed by atoms with Crippen LogP contribution < -0.4 is 0 Å². The van der Waals surface area contributed by atoms with Crippen LogP contribution in [0, 0.1) is 11.9 Å². The van der Waals surface area contributed by atoms with Crippen LogP contribution in [0.25, 0.3) is 0 Å². The Bertz CT molecular complexity index is 138. The summed E-state index contributed by atoms with van der Waals surface area (Å²) >= 11 is 0. The molecule has 1 aromatic carbocycles. The van der Waals surface area contributed by atoms with Crippen LogP contribution in [0.2, 0.25) is 0 Å². The zero-order valence-electron chi connectivity index (χ0n) is 3.69. The molecule has 0 bridgehead atoms. The summed E-state index contributed by atoms with van der Waals surface area (Å²) in [6.07, 6.45) is 0. The molecule has 0 fully saturated rings. The summed E-state index contributed by atoms with van der Waals surface area (Å²) < 4.78 is 11.9. The summed E-state index contributed by atoms with van der Waals surface area (Å²) in [5, 5.41) is 0. The van der Waals surface area contributed by atoms with Gasteiger partial charge in [-0.1, -0.05) is 18.2 Å². The third-order valence-electron chi connectivity index (χ3n) is 0.671. The van der Waals surface area contributed by atoms with E-state index in [9.17, 15) is 4.39 Å². The fourth-order valence-electron chi connectivity index (χ4n) is 0.371. The summed E-state index contributed by atoms with van der Waals surface area (Å²) in [5.74, 6) is -0.303. The zero-order valence-corrected chi connectivity index (χ0v) is 3.69. The van der Waals surface area contributed by atoms with Crippen molar-refractivity contribution in [1.29, 1.82) is 0 Å². The van der Waals surface area contributed by atoms with Gasteiger partial charge in [-0.15, -0.1) is 0 Å². The quantitative estimate of drug-likeness (QED) is 0.429. The van der Waals surface area contributed by atoms with Crippen molar-refractivity contribution < 1.29 is 4.39 Å². The van der Waals surface area contributed by atoms with E-state index in [4.69, 9.17) is 0 Å². The standard InChI is InChI=1S/C6H4F.Li.H/c7-6-4-2-1-3-5-6;;/h1-4H;;. The van der Waals surface area contributed by atoms with E-state index in [1.165, 1.54) is 12.1 Å². The van der Waals surface area contributed by atoms with E-state index >= 15 is 0 Å². The Morgan fingerprint density at radius 3 is 2.38 bits per heavy atom. The number of benzene rings is 1. The molecule has 0 heterocycles. The molecule has 8 heavy (non-hydrogen) atoms. The van der Waals surface area contributed by atoms with E-state index in [2.05, 4.69) is 6.07 Å². The molecule has 0 saturated carbocycles. The molecule has 0 amide bonds. The van der Waals surface area contributed by atoms with Crippen LogP contribution in [-0.4, -0.2) is 18.9 Å². The Morgan fingerprint density at radius 1 is 1.38 bits per heavy atom. The monoisotopic (exact) mass is 103 g/mol. The second kappa shape index (κ2) is 3.71. The second-order valence-corrected chi connectivity index (χ2v) is 1.21. The van der Waals surface area contributed by atoms with Crippen molar-refractivity contribution in [3.05, 3.63) is 36.1 Å². The average Bonchev–Trinajstić information content (AvgIpc) is 1.69.